The number of halogens is 1. The second kappa shape index (κ2) is 7.49. The molecular weight excluding hydrogens is 346 g/mol. The van der Waals surface area contributed by atoms with Gasteiger partial charge in [0, 0.05) is 10.4 Å². The van der Waals surface area contributed by atoms with Crippen LogP contribution in [0.5, 0.6) is 0 Å². The fourth-order valence-corrected chi connectivity index (χ4v) is 2.70. The van der Waals surface area contributed by atoms with Gasteiger partial charge in [0.05, 0.1) is 11.7 Å². The molecule has 0 saturated heterocycles. The first-order valence-corrected chi connectivity index (χ1v) is 8.20. The highest BCUT2D eigenvalue weighted by Crippen LogP contribution is 2.19. The van der Waals surface area contributed by atoms with Gasteiger partial charge in [0.25, 0.3) is 0 Å². The van der Waals surface area contributed by atoms with E-state index in [4.69, 9.17) is 0 Å². The van der Waals surface area contributed by atoms with Gasteiger partial charge >= 0.3 is 0 Å². The predicted molar refractivity (Wildman–Crippen MR) is 87.5 cm³/mol. The minimum absolute atomic E-state index is 0.0256. The van der Waals surface area contributed by atoms with Crippen molar-refractivity contribution in [2.75, 3.05) is 0 Å². The van der Waals surface area contributed by atoms with E-state index in [0.29, 0.717) is 5.82 Å². The van der Waals surface area contributed by atoms with Gasteiger partial charge < -0.3 is 5.32 Å². The SMILES string of the molecule is CCC(CC)C(=O)NC(C)c1nnnn1-c1cccc(Br)c1. The van der Waals surface area contributed by atoms with Crippen LogP contribution in [0, 0.1) is 5.92 Å². The van der Waals surface area contributed by atoms with E-state index in [0.717, 1.165) is 23.0 Å². The van der Waals surface area contributed by atoms with Crippen LogP contribution in [0.4, 0.5) is 0 Å². The van der Waals surface area contributed by atoms with Crippen molar-refractivity contribution in [1.82, 2.24) is 25.5 Å². The monoisotopic (exact) mass is 365 g/mol. The lowest BCUT2D eigenvalue weighted by Crippen LogP contribution is -2.33. The first-order chi connectivity index (χ1) is 10.6. The third kappa shape index (κ3) is 3.71. The molecule has 6 nitrogen and oxygen atoms in total. The number of amides is 1. The van der Waals surface area contributed by atoms with E-state index in [2.05, 4.69) is 36.8 Å². The Morgan fingerprint density at radius 2 is 2.09 bits per heavy atom. The number of aromatic nitrogens is 4. The third-order valence-electron chi connectivity index (χ3n) is 3.65. The largest absolute Gasteiger partial charge is 0.346 e. The van der Waals surface area contributed by atoms with Gasteiger partial charge in [-0.2, -0.15) is 4.68 Å². The van der Waals surface area contributed by atoms with Crippen molar-refractivity contribution >= 4 is 21.8 Å². The van der Waals surface area contributed by atoms with Gasteiger partial charge in [-0.25, -0.2) is 0 Å². The van der Waals surface area contributed by atoms with Crippen LogP contribution in [-0.4, -0.2) is 26.1 Å². The standard InChI is InChI=1S/C15H20BrN5O/c1-4-11(5-2)15(22)17-10(3)14-18-19-20-21(14)13-8-6-7-12(16)9-13/h6-11H,4-5H2,1-3H3,(H,17,22). The van der Waals surface area contributed by atoms with E-state index in [1.165, 1.54) is 0 Å². The number of hydrogen-bond donors (Lipinski definition) is 1. The first kappa shape index (κ1) is 16.6. The molecule has 2 rings (SSSR count). The number of nitrogens with zero attached hydrogens (tertiary/aromatic N) is 4. The highest BCUT2D eigenvalue weighted by Gasteiger charge is 2.21. The smallest absolute Gasteiger partial charge is 0.223 e. The maximum atomic E-state index is 12.2. The summed E-state index contributed by atoms with van der Waals surface area (Å²) in [4.78, 5) is 12.2. The number of tetrazole rings is 1. The van der Waals surface area contributed by atoms with Gasteiger partial charge in [-0.3, -0.25) is 4.79 Å². The number of carbonyl (C=O) groups is 1. The lowest BCUT2D eigenvalue weighted by atomic mass is 10.0. The number of benzene rings is 1. The van der Waals surface area contributed by atoms with Crippen LogP contribution in [0.15, 0.2) is 28.7 Å². The lowest BCUT2D eigenvalue weighted by molar-refractivity contribution is -0.125. The Morgan fingerprint density at radius 3 is 2.73 bits per heavy atom. The van der Waals surface area contributed by atoms with Crippen molar-refractivity contribution in [3.63, 3.8) is 0 Å². The van der Waals surface area contributed by atoms with Crippen LogP contribution in [0.25, 0.3) is 5.69 Å². The Morgan fingerprint density at radius 1 is 1.36 bits per heavy atom. The third-order valence-corrected chi connectivity index (χ3v) is 4.14. The molecule has 0 fully saturated rings. The van der Waals surface area contributed by atoms with Crippen LogP contribution < -0.4 is 5.32 Å². The summed E-state index contributed by atoms with van der Waals surface area (Å²) in [5.74, 6) is 0.677. The second-order valence-electron chi connectivity index (χ2n) is 5.17. The molecular formula is C15H20BrN5O. The topological polar surface area (TPSA) is 72.7 Å². The maximum Gasteiger partial charge on any atom is 0.223 e. The molecule has 0 radical (unpaired) electrons. The second-order valence-corrected chi connectivity index (χ2v) is 6.09. The average Bonchev–Trinajstić information content (AvgIpc) is 2.98. The van der Waals surface area contributed by atoms with Crippen molar-refractivity contribution in [2.45, 2.75) is 39.7 Å². The Bertz CT molecular complexity index is 638. The van der Waals surface area contributed by atoms with Gasteiger partial charge in [-0.05, 0) is 48.4 Å². The van der Waals surface area contributed by atoms with Gasteiger partial charge in [0.15, 0.2) is 5.82 Å². The minimum Gasteiger partial charge on any atom is -0.346 e. The molecule has 1 aromatic heterocycles. The molecule has 1 N–H and O–H groups in total. The fraction of sp³-hybridized carbons (Fsp3) is 0.467. The summed E-state index contributed by atoms with van der Waals surface area (Å²) in [5.41, 5.74) is 0.845. The molecule has 0 aliphatic heterocycles. The summed E-state index contributed by atoms with van der Waals surface area (Å²) < 4.78 is 2.59. The quantitative estimate of drug-likeness (QED) is 0.853. The number of carbonyl (C=O) groups excluding carboxylic acids is 1. The van der Waals surface area contributed by atoms with Crippen molar-refractivity contribution in [3.05, 3.63) is 34.6 Å². The van der Waals surface area contributed by atoms with E-state index in [9.17, 15) is 4.79 Å². The zero-order valence-corrected chi connectivity index (χ0v) is 14.5. The molecule has 0 aliphatic carbocycles. The Balaban J connectivity index is 2.20. The predicted octanol–water partition coefficient (Wildman–Crippen LogP) is 3.04. The van der Waals surface area contributed by atoms with Crippen LogP contribution >= 0.6 is 15.9 Å². The minimum atomic E-state index is -0.262. The van der Waals surface area contributed by atoms with Crippen molar-refractivity contribution < 1.29 is 4.79 Å². The highest BCUT2D eigenvalue weighted by atomic mass is 79.9. The summed E-state index contributed by atoms with van der Waals surface area (Å²) in [6, 6.07) is 7.43. The molecule has 0 spiro atoms. The van der Waals surface area contributed by atoms with Gasteiger partial charge in [0.1, 0.15) is 0 Å². The summed E-state index contributed by atoms with van der Waals surface area (Å²) in [5, 5.41) is 14.8. The first-order valence-electron chi connectivity index (χ1n) is 7.41. The normalized spacial score (nSPS) is 12.4. The van der Waals surface area contributed by atoms with Gasteiger partial charge in [0.2, 0.25) is 5.91 Å². The summed E-state index contributed by atoms with van der Waals surface area (Å²) in [6.07, 6.45) is 1.65. The summed E-state index contributed by atoms with van der Waals surface area (Å²) in [6.45, 7) is 5.92. The molecule has 22 heavy (non-hydrogen) atoms. The zero-order valence-electron chi connectivity index (χ0n) is 13.0. The van der Waals surface area contributed by atoms with Crippen LogP contribution in [0.1, 0.15) is 45.5 Å². The van der Waals surface area contributed by atoms with Crippen molar-refractivity contribution in [2.24, 2.45) is 5.92 Å². The maximum absolute atomic E-state index is 12.2. The van der Waals surface area contributed by atoms with E-state index >= 15 is 0 Å². The molecule has 0 saturated carbocycles. The molecule has 2 aromatic rings. The van der Waals surface area contributed by atoms with Crippen molar-refractivity contribution in [1.29, 1.82) is 0 Å². The van der Waals surface area contributed by atoms with E-state index in [1.54, 1.807) is 4.68 Å². The van der Waals surface area contributed by atoms with Gasteiger partial charge in [-0.1, -0.05) is 35.8 Å². The van der Waals surface area contributed by atoms with E-state index in [1.807, 2.05) is 45.0 Å². The molecule has 1 atom stereocenters. The summed E-state index contributed by atoms with van der Waals surface area (Å²) in [7, 11) is 0. The van der Waals surface area contributed by atoms with E-state index < -0.39 is 0 Å². The lowest BCUT2D eigenvalue weighted by Gasteiger charge is -2.17. The molecule has 1 heterocycles. The molecule has 118 valence electrons. The van der Waals surface area contributed by atoms with Gasteiger partial charge in [-0.15, -0.1) is 5.10 Å². The highest BCUT2D eigenvalue weighted by molar-refractivity contribution is 9.10. The summed E-state index contributed by atoms with van der Waals surface area (Å²) >= 11 is 3.44. The number of nitrogens with one attached hydrogen (secondary N) is 1. The molecule has 1 amide bonds. The van der Waals surface area contributed by atoms with Crippen LogP contribution in [0.3, 0.4) is 0 Å². The average molecular weight is 366 g/mol. The van der Waals surface area contributed by atoms with Crippen LogP contribution in [0.2, 0.25) is 0 Å². The Labute approximate surface area is 138 Å². The Kier molecular flexibility index (Phi) is 5.65. The molecule has 1 aromatic carbocycles. The molecule has 1 unspecified atom stereocenters. The molecule has 7 heteroatoms. The molecule has 0 bridgehead atoms. The zero-order chi connectivity index (χ0) is 16.1. The molecule has 0 aliphatic rings. The number of hydrogen-bond acceptors (Lipinski definition) is 4. The fourth-order valence-electron chi connectivity index (χ4n) is 2.31. The van der Waals surface area contributed by atoms with E-state index in [-0.39, 0.29) is 17.9 Å². The number of rotatable bonds is 6. The van der Waals surface area contributed by atoms with Crippen molar-refractivity contribution in [3.8, 4) is 5.69 Å². The Hall–Kier alpha value is -1.76. The van der Waals surface area contributed by atoms with Crippen LogP contribution in [-0.2, 0) is 4.79 Å².